The third kappa shape index (κ3) is 3.57. The van der Waals surface area contributed by atoms with Crippen LogP contribution in [0.3, 0.4) is 0 Å². The van der Waals surface area contributed by atoms with Gasteiger partial charge in [0.2, 0.25) is 0 Å². The van der Waals surface area contributed by atoms with Crippen molar-refractivity contribution in [2.24, 2.45) is 0 Å². The van der Waals surface area contributed by atoms with Gasteiger partial charge in [-0.05, 0) is 48.4 Å². The first kappa shape index (κ1) is 18.4. The van der Waals surface area contributed by atoms with E-state index in [0.717, 1.165) is 25.0 Å². The minimum Gasteiger partial charge on any atom is -0.317 e. The van der Waals surface area contributed by atoms with Gasteiger partial charge in [-0.25, -0.2) is 0 Å². The van der Waals surface area contributed by atoms with Gasteiger partial charge in [0.25, 0.3) is 0 Å². The van der Waals surface area contributed by atoms with Crippen LogP contribution in [0, 0.1) is 0 Å². The maximum Gasteiger partial charge on any atom is 0.0703 e. The molecule has 0 radical (unpaired) electrons. The molecule has 138 valence electrons. The Morgan fingerprint density at radius 1 is 1.11 bits per heavy atom. The van der Waals surface area contributed by atoms with Crippen molar-refractivity contribution in [1.29, 1.82) is 0 Å². The van der Waals surface area contributed by atoms with Crippen LogP contribution in [0.15, 0.2) is 67.0 Å². The molecule has 0 saturated carbocycles. The van der Waals surface area contributed by atoms with Gasteiger partial charge in [-0.2, -0.15) is 11.8 Å². The molecule has 3 heterocycles. The molecule has 0 spiro atoms. The van der Waals surface area contributed by atoms with Gasteiger partial charge >= 0.3 is 0 Å². The Morgan fingerprint density at radius 3 is 2.96 bits per heavy atom. The van der Waals surface area contributed by atoms with Gasteiger partial charge in [0.1, 0.15) is 0 Å². The predicted molar refractivity (Wildman–Crippen MR) is 119 cm³/mol. The largest absolute Gasteiger partial charge is 0.317 e. The minimum atomic E-state index is 0. The molecule has 27 heavy (non-hydrogen) atoms. The number of pyridine rings is 1. The maximum absolute atomic E-state index is 4.43. The summed E-state index contributed by atoms with van der Waals surface area (Å²) in [6.45, 7) is 2.25. The van der Waals surface area contributed by atoms with Gasteiger partial charge in [-0.3, -0.25) is 4.98 Å². The van der Waals surface area contributed by atoms with Crippen molar-refractivity contribution in [1.82, 2.24) is 14.9 Å². The molecule has 5 rings (SSSR count). The highest BCUT2D eigenvalue weighted by molar-refractivity contribution is 8.00. The summed E-state index contributed by atoms with van der Waals surface area (Å²) in [5.41, 5.74) is 4.95. The molecular formula is C22H22ClN3S. The number of benzene rings is 2. The molecule has 1 saturated heterocycles. The van der Waals surface area contributed by atoms with E-state index in [-0.39, 0.29) is 12.4 Å². The summed E-state index contributed by atoms with van der Waals surface area (Å²) in [5, 5.41) is 6.73. The lowest BCUT2D eigenvalue weighted by Gasteiger charge is -2.22. The lowest BCUT2D eigenvalue weighted by Crippen LogP contribution is -2.33. The monoisotopic (exact) mass is 395 g/mol. The topological polar surface area (TPSA) is 29.9 Å². The van der Waals surface area contributed by atoms with Crippen molar-refractivity contribution >= 4 is 46.0 Å². The number of nitrogens with zero attached hydrogens (tertiary/aromatic N) is 2. The lowest BCUT2D eigenvalue weighted by molar-refractivity contribution is 0.668. The summed E-state index contributed by atoms with van der Waals surface area (Å²) in [4.78, 5) is 4.43. The highest BCUT2D eigenvalue weighted by Crippen LogP contribution is 2.28. The zero-order valence-corrected chi connectivity index (χ0v) is 16.6. The maximum atomic E-state index is 4.43. The lowest BCUT2D eigenvalue weighted by atomic mass is 10.0. The molecular weight excluding hydrogens is 374 g/mol. The van der Waals surface area contributed by atoms with Crippen molar-refractivity contribution in [2.75, 3.05) is 18.8 Å². The molecule has 1 aliphatic rings. The zero-order valence-electron chi connectivity index (χ0n) is 15.0. The molecule has 2 aromatic carbocycles. The number of thioether (sulfide) groups is 1. The van der Waals surface area contributed by atoms with Crippen LogP contribution in [0.5, 0.6) is 0 Å². The van der Waals surface area contributed by atoms with E-state index >= 15 is 0 Å². The van der Waals surface area contributed by atoms with Crippen LogP contribution < -0.4 is 5.32 Å². The number of hydrogen-bond donors (Lipinski definition) is 1. The van der Waals surface area contributed by atoms with E-state index in [1.165, 1.54) is 33.3 Å². The Labute approximate surface area is 169 Å². The Hall–Kier alpha value is -2.01. The zero-order chi connectivity index (χ0) is 17.3. The van der Waals surface area contributed by atoms with Crippen molar-refractivity contribution in [3.63, 3.8) is 0 Å². The second-order valence-electron chi connectivity index (χ2n) is 6.82. The molecule has 1 atom stereocenters. The van der Waals surface area contributed by atoms with Gasteiger partial charge in [0.05, 0.1) is 11.0 Å². The molecule has 0 amide bonds. The van der Waals surface area contributed by atoms with Crippen molar-refractivity contribution in [3.05, 3.63) is 72.6 Å². The number of nitrogens with one attached hydrogen (secondary N) is 1. The SMILES string of the molecule is Cl.c1cnc2ccc(-n3ccc4c(CC5CNCCS5)cccc43)cc2c1. The van der Waals surface area contributed by atoms with Gasteiger partial charge < -0.3 is 9.88 Å². The predicted octanol–water partition coefficient (Wildman–Crippen LogP) is 4.85. The van der Waals surface area contributed by atoms with E-state index in [9.17, 15) is 0 Å². The molecule has 2 aromatic heterocycles. The van der Waals surface area contributed by atoms with E-state index in [0.29, 0.717) is 5.25 Å². The second-order valence-corrected chi connectivity index (χ2v) is 8.23. The Kier molecular flexibility index (Phi) is 5.39. The molecule has 1 fully saturated rings. The summed E-state index contributed by atoms with van der Waals surface area (Å²) in [5.74, 6) is 1.22. The Bertz CT molecular complexity index is 1070. The molecule has 0 aliphatic carbocycles. The number of hydrogen-bond acceptors (Lipinski definition) is 3. The number of fused-ring (bicyclic) bond motifs is 2. The van der Waals surface area contributed by atoms with Crippen molar-refractivity contribution in [2.45, 2.75) is 11.7 Å². The smallest absolute Gasteiger partial charge is 0.0703 e. The number of halogens is 1. The summed E-state index contributed by atoms with van der Waals surface area (Å²) in [6.07, 6.45) is 5.16. The highest BCUT2D eigenvalue weighted by atomic mass is 35.5. The molecule has 0 bridgehead atoms. The Balaban J connectivity index is 0.00000180. The first-order valence-electron chi connectivity index (χ1n) is 9.15. The van der Waals surface area contributed by atoms with Crippen LogP contribution in [0.2, 0.25) is 0 Å². The average Bonchev–Trinajstić information content (AvgIpc) is 3.14. The third-order valence-electron chi connectivity index (χ3n) is 5.14. The highest BCUT2D eigenvalue weighted by Gasteiger charge is 2.16. The van der Waals surface area contributed by atoms with Gasteiger partial charge in [-0.15, -0.1) is 12.4 Å². The van der Waals surface area contributed by atoms with Crippen molar-refractivity contribution in [3.8, 4) is 5.69 Å². The van der Waals surface area contributed by atoms with Crippen LogP contribution in [0.25, 0.3) is 27.5 Å². The molecule has 1 N–H and O–H groups in total. The standard InChI is InChI=1S/C22H21N3S.ClH/c1-3-16(14-19-15-23-10-12-26-19)20-8-11-25(22(20)5-1)18-6-7-21-17(13-18)4-2-9-24-21;/h1-9,11,13,19,23H,10,12,14-15H2;1H. The first-order valence-corrected chi connectivity index (χ1v) is 10.2. The van der Waals surface area contributed by atoms with Crippen LogP contribution in [0.4, 0.5) is 0 Å². The number of aromatic nitrogens is 2. The van der Waals surface area contributed by atoms with E-state index in [2.05, 4.69) is 81.4 Å². The van der Waals surface area contributed by atoms with Crippen LogP contribution in [0.1, 0.15) is 5.56 Å². The minimum absolute atomic E-state index is 0. The van der Waals surface area contributed by atoms with Gasteiger partial charge in [0, 0.05) is 52.9 Å². The molecule has 3 nitrogen and oxygen atoms in total. The van der Waals surface area contributed by atoms with E-state index in [1.807, 2.05) is 12.3 Å². The van der Waals surface area contributed by atoms with E-state index in [4.69, 9.17) is 0 Å². The van der Waals surface area contributed by atoms with Crippen molar-refractivity contribution < 1.29 is 0 Å². The Morgan fingerprint density at radius 2 is 2.07 bits per heavy atom. The van der Waals surface area contributed by atoms with Gasteiger partial charge in [-0.1, -0.05) is 18.2 Å². The van der Waals surface area contributed by atoms with Crippen LogP contribution in [-0.2, 0) is 6.42 Å². The first-order chi connectivity index (χ1) is 12.9. The second kappa shape index (κ2) is 7.93. The number of rotatable bonds is 3. The quantitative estimate of drug-likeness (QED) is 0.537. The molecule has 1 aliphatic heterocycles. The fourth-order valence-electron chi connectivity index (χ4n) is 3.84. The molecule has 1 unspecified atom stereocenters. The van der Waals surface area contributed by atoms with E-state index < -0.39 is 0 Å². The normalized spacial score (nSPS) is 17.1. The summed E-state index contributed by atoms with van der Waals surface area (Å²) >= 11 is 2.09. The third-order valence-corrected chi connectivity index (χ3v) is 6.38. The fraction of sp³-hybridized carbons (Fsp3) is 0.227. The summed E-state index contributed by atoms with van der Waals surface area (Å²) in [6, 6.07) is 19.5. The summed E-state index contributed by atoms with van der Waals surface area (Å²) in [7, 11) is 0. The molecule has 5 heteroatoms. The van der Waals surface area contributed by atoms with E-state index in [1.54, 1.807) is 0 Å². The summed E-state index contributed by atoms with van der Waals surface area (Å²) < 4.78 is 2.29. The fourth-order valence-corrected chi connectivity index (χ4v) is 4.97. The molecule has 4 aromatic rings. The van der Waals surface area contributed by atoms with Crippen LogP contribution in [-0.4, -0.2) is 33.6 Å². The van der Waals surface area contributed by atoms with Gasteiger partial charge in [0.15, 0.2) is 0 Å². The average molecular weight is 396 g/mol. The van der Waals surface area contributed by atoms with Crippen LogP contribution >= 0.6 is 24.2 Å².